The van der Waals surface area contributed by atoms with Gasteiger partial charge in [0.15, 0.2) is 12.4 Å². The average molecular weight is 654 g/mol. The molecule has 0 bridgehead atoms. The largest absolute Gasteiger partial charge is 0.482 e. The molecular formula is C34H29BrN4O5. The van der Waals surface area contributed by atoms with Crippen LogP contribution in [0.2, 0.25) is 0 Å². The Balaban J connectivity index is 1.34. The van der Waals surface area contributed by atoms with Crippen LogP contribution >= 0.6 is 15.9 Å². The quantitative estimate of drug-likeness (QED) is 0.127. The zero-order valence-electron chi connectivity index (χ0n) is 24.6. The molecule has 0 atom stereocenters. The van der Waals surface area contributed by atoms with Crippen LogP contribution in [-0.2, 0) is 9.53 Å². The summed E-state index contributed by atoms with van der Waals surface area (Å²) >= 11 is 3.50. The van der Waals surface area contributed by atoms with Gasteiger partial charge in [0.1, 0.15) is 11.3 Å². The SMILES string of the molecule is Cc1cc(C=Nn2c(-c3cc4cc(Br)ccc4o3)nc3ccccc3c2=O)c(C)n1-c1ccc(OCC(=O)OC(C)C)cc1. The molecule has 10 heteroatoms. The maximum Gasteiger partial charge on any atom is 0.344 e. The van der Waals surface area contributed by atoms with Crippen LogP contribution in [0.25, 0.3) is 39.1 Å². The Hall–Kier alpha value is -4.96. The number of hydrogen-bond acceptors (Lipinski definition) is 7. The van der Waals surface area contributed by atoms with Gasteiger partial charge in [-0.05, 0) is 94.4 Å². The van der Waals surface area contributed by atoms with E-state index in [1.54, 1.807) is 38.3 Å². The molecule has 0 saturated carbocycles. The number of aryl methyl sites for hydroxylation is 1. The van der Waals surface area contributed by atoms with Gasteiger partial charge in [0.2, 0.25) is 5.82 Å². The van der Waals surface area contributed by atoms with Crippen LogP contribution in [0.4, 0.5) is 0 Å². The number of fused-ring (bicyclic) bond motifs is 2. The highest BCUT2D eigenvalue weighted by molar-refractivity contribution is 9.10. The number of carbonyl (C=O) groups excluding carboxylic acids is 1. The Morgan fingerprint density at radius 3 is 2.59 bits per heavy atom. The van der Waals surface area contributed by atoms with E-state index in [0.29, 0.717) is 33.8 Å². The molecule has 0 N–H and O–H groups in total. The number of halogens is 1. The van der Waals surface area contributed by atoms with Crippen molar-refractivity contribution in [3.05, 3.63) is 111 Å². The molecule has 44 heavy (non-hydrogen) atoms. The normalized spacial score (nSPS) is 11.7. The molecule has 222 valence electrons. The third kappa shape index (κ3) is 5.80. The molecule has 3 heterocycles. The van der Waals surface area contributed by atoms with Gasteiger partial charge in [-0.3, -0.25) is 4.79 Å². The van der Waals surface area contributed by atoms with Gasteiger partial charge in [-0.2, -0.15) is 9.78 Å². The molecule has 0 amide bonds. The second kappa shape index (κ2) is 12.0. The van der Waals surface area contributed by atoms with Crippen molar-refractivity contribution < 1.29 is 18.7 Å². The lowest BCUT2D eigenvalue weighted by molar-refractivity contribution is -0.149. The van der Waals surface area contributed by atoms with E-state index in [-0.39, 0.29) is 18.3 Å². The van der Waals surface area contributed by atoms with E-state index in [4.69, 9.17) is 18.9 Å². The van der Waals surface area contributed by atoms with Crippen LogP contribution in [0.5, 0.6) is 5.75 Å². The number of aromatic nitrogens is 3. The van der Waals surface area contributed by atoms with Gasteiger partial charge in [0.05, 0.1) is 23.2 Å². The molecular weight excluding hydrogens is 624 g/mol. The molecule has 0 aliphatic heterocycles. The van der Waals surface area contributed by atoms with Gasteiger partial charge in [-0.25, -0.2) is 9.78 Å². The van der Waals surface area contributed by atoms with Crippen LogP contribution in [0.1, 0.15) is 30.8 Å². The second-order valence-electron chi connectivity index (χ2n) is 10.6. The van der Waals surface area contributed by atoms with E-state index in [1.807, 2.05) is 74.5 Å². The van der Waals surface area contributed by atoms with E-state index in [9.17, 15) is 9.59 Å². The van der Waals surface area contributed by atoms with Crippen molar-refractivity contribution in [2.24, 2.45) is 5.10 Å². The first kappa shape index (κ1) is 29.1. The Bertz CT molecular complexity index is 2100. The summed E-state index contributed by atoms with van der Waals surface area (Å²) in [7, 11) is 0. The number of furan rings is 1. The van der Waals surface area contributed by atoms with Crippen LogP contribution in [0, 0.1) is 13.8 Å². The van der Waals surface area contributed by atoms with E-state index in [1.165, 1.54) is 4.68 Å². The van der Waals surface area contributed by atoms with Crippen molar-refractivity contribution >= 4 is 50.0 Å². The highest BCUT2D eigenvalue weighted by Gasteiger charge is 2.17. The first-order chi connectivity index (χ1) is 21.2. The topological polar surface area (TPSA) is 101 Å². The maximum atomic E-state index is 13.7. The molecule has 0 fully saturated rings. The highest BCUT2D eigenvalue weighted by Crippen LogP contribution is 2.29. The van der Waals surface area contributed by atoms with Crippen LogP contribution in [0.15, 0.2) is 97.6 Å². The van der Waals surface area contributed by atoms with Crippen molar-refractivity contribution in [2.75, 3.05) is 6.61 Å². The summed E-state index contributed by atoms with van der Waals surface area (Å²) in [5.74, 6) is 0.886. The summed E-state index contributed by atoms with van der Waals surface area (Å²) in [6, 6.07) is 24.2. The van der Waals surface area contributed by atoms with Gasteiger partial charge in [0.25, 0.3) is 5.56 Å². The third-order valence-corrected chi connectivity index (χ3v) is 7.55. The van der Waals surface area contributed by atoms with E-state index >= 15 is 0 Å². The van der Waals surface area contributed by atoms with Crippen molar-refractivity contribution in [3.8, 4) is 23.0 Å². The fourth-order valence-corrected chi connectivity index (χ4v) is 5.46. The van der Waals surface area contributed by atoms with Crippen molar-refractivity contribution in [1.82, 2.24) is 14.2 Å². The Kier molecular flexibility index (Phi) is 7.92. The molecule has 0 saturated heterocycles. The molecule has 0 aliphatic rings. The minimum absolute atomic E-state index is 0.156. The van der Waals surface area contributed by atoms with E-state index < -0.39 is 5.97 Å². The predicted molar refractivity (Wildman–Crippen MR) is 174 cm³/mol. The van der Waals surface area contributed by atoms with Gasteiger partial charge in [0, 0.05) is 32.5 Å². The fraction of sp³-hybridized carbons (Fsp3) is 0.176. The van der Waals surface area contributed by atoms with Crippen LogP contribution in [0.3, 0.4) is 0 Å². The number of carbonyl (C=O) groups is 1. The highest BCUT2D eigenvalue weighted by atomic mass is 79.9. The minimum Gasteiger partial charge on any atom is -0.482 e. The third-order valence-electron chi connectivity index (χ3n) is 7.05. The molecule has 0 aliphatic carbocycles. The number of esters is 1. The van der Waals surface area contributed by atoms with Gasteiger partial charge >= 0.3 is 5.97 Å². The fourth-order valence-electron chi connectivity index (χ4n) is 5.08. The lowest BCUT2D eigenvalue weighted by atomic mass is 10.2. The minimum atomic E-state index is -0.414. The standard InChI is InChI=1S/C34H29BrN4O5/c1-20(2)43-32(40)19-42-27-12-10-26(11-13-27)38-21(3)15-24(22(38)4)18-36-39-33(37-29-8-6-5-7-28(29)34(39)41)31-17-23-16-25(35)9-14-30(23)44-31/h5-18,20H,19H2,1-4H3. The monoisotopic (exact) mass is 652 g/mol. The molecule has 0 spiro atoms. The summed E-state index contributed by atoms with van der Waals surface area (Å²) in [6.07, 6.45) is 1.47. The zero-order chi connectivity index (χ0) is 31.0. The van der Waals surface area contributed by atoms with Crippen LogP contribution < -0.4 is 10.3 Å². The number of ether oxygens (including phenoxy) is 2. The summed E-state index contributed by atoms with van der Waals surface area (Å²) in [4.78, 5) is 30.3. The van der Waals surface area contributed by atoms with Crippen molar-refractivity contribution in [3.63, 3.8) is 0 Å². The summed E-state index contributed by atoms with van der Waals surface area (Å²) in [6.45, 7) is 7.42. The van der Waals surface area contributed by atoms with Crippen molar-refractivity contribution in [1.29, 1.82) is 0 Å². The number of nitrogens with zero attached hydrogens (tertiary/aromatic N) is 4. The number of hydrogen-bond donors (Lipinski definition) is 0. The molecule has 6 aromatic rings. The van der Waals surface area contributed by atoms with Gasteiger partial charge in [-0.1, -0.05) is 28.1 Å². The molecule has 0 radical (unpaired) electrons. The molecule has 6 rings (SSSR count). The zero-order valence-corrected chi connectivity index (χ0v) is 26.2. The average Bonchev–Trinajstić information content (AvgIpc) is 3.54. The number of para-hydroxylation sites is 1. The molecule has 0 unspecified atom stereocenters. The van der Waals surface area contributed by atoms with Crippen LogP contribution in [-0.4, -0.2) is 39.1 Å². The Morgan fingerprint density at radius 1 is 1.05 bits per heavy atom. The second-order valence-corrected chi connectivity index (χ2v) is 11.5. The Morgan fingerprint density at radius 2 is 1.82 bits per heavy atom. The lowest BCUT2D eigenvalue weighted by Gasteiger charge is -2.12. The van der Waals surface area contributed by atoms with E-state index in [2.05, 4.69) is 25.6 Å². The number of rotatable bonds is 8. The molecule has 3 aromatic heterocycles. The van der Waals surface area contributed by atoms with Crippen molar-refractivity contribution in [2.45, 2.75) is 33.8 Å². The summed E-state index contributed by atoms with van der Waals surface area (Å²) in [5.41, 5.74) is 4.58. The van der Waals surface area contributed by atoms with Gasteiger partial charge in [-0.15, -0.1) is 0 Å². The predicted octanol–water partition coefficient (Wildman–Crippen LogP) is 7.19. The summed E-state index contributed by atoms with van der Waals surface area (Å²) < 4.78 is 21.1. The van der Waals surface area contributed by atoms with Gasteiger partial charge < -0.3 is 18.5 Å². The first-order valence-corrected chi connectivity index (χ1v) is 14.8. The summed E-state index contributed by atoms with van der Waals surface area (Å²) in [5, 5.41) is 5.98. The Labute approximate surface area is 261 Å². The smallest absolute Gasteiger partial charge is 0.344 e. The molecule has 3 aromatic carbocycles. The molecule has 9 nitrogen and oxygen atoms in total. The van der Waals surface area contributed by atoms with E-state index in [0.717, 1.165) is 32.5 Å². The lowest BCUT2D eigenvalue weighted by Crippen LogP contribution is -2.20. The first-order valence-electron chi connectivity index (χ1n) is 14.0. The number of benzene rings is 3. The maximum absolute atomic E-state index is 13.7.